The first kappa shape index (κ1) is 17.7. The standard InChI is InChI=1S/C20H25N3O4/c1-26-15-9-8-12(10-16(15)27-2)14-11-17(24)21-19-18(14)20(25)22-23(19)13-6-4-3-5-7-13/h8-10,13-14H,3-7,11H2,1-2H3,(H,21,24)(H,22,25). The Morgan fingerprint density at radius 2 is 1.78 bits per heavy atom. The lowest BCUT2D eigenvalue weighted by atomic mass is 9.86. The molecule has 2 N–H and O–H groups in total. The second-order valence-electron chi connectivity index (χ2n) is 7.28. The lowest BCUT2D eigenvalue weighted by Gasteiger charge is -2.28. The van der Waals surface area contributed by atoms with Crippen molar-refractivity contribution >= 4 is 11.7 Å². The molecule has 1 aliphatic heterocycles. The van der Waals surface area contributed by atoms with Gasteiger partial charge >= 0.3 is 0 Å². The van der Waals surface area contributed by atoms with Crippen LogP contribution in [0.25, 0.3) is 0 Å². The summed E-state index contributed by atoms with van der Waals surface area (Å²) < 4.78 is 12.6. The van der Waals surface area contributed by atoms with Gasteiger partial charge in [0.15, 0.2) is 11.5 Å². The maximum atomic E-state index is 12.8. The van der Waals surface area contributed by atoms with Gasteiger partial charge in [-0.25, -0.2) is 0 Å². The van der Waals surface area contributed by atoms with Gasteiger partial charge < -0.3 is 14.8 Å². The fourth-order valence-electron chi connectivity index (χ4n) is 4.35. The summed E-state index contributed by atoms with van der Waals surface area (Å²) in [5.74, 6) is 1.46. The zero-order chi connectivity index (χ0) is 19.0. The Labute approximate surface area is 157 Å². The maximum absolute atomic E-state index is 12.8. The average Bonchev–Trinajstić information content (AvgIpc) is 3.03. The molecular formula is C20H25N3O4. The molecule has 27 heavy (non-hydrogen) atoms. The van der Waals surface area contributed by atoms with Gasteiger partial charge in [-0.1, -0.05) is 25.3 Å². The van der Waals surface area contributed by atoms with E-state index in [0.29, 0.717) is 22.9 Å². The fourth-order valence-corrected chi connectivity index (χ4v) is 4.35. The molecule has 1 saturated carbocycles. The second-order valence-corrected chi connectivity index (χ2v) is 7.28. The van der Waals surface area contributed by atoms with Crippen LogP contribution in [0.2, 0.25) is 0 Å². The molecule has 0 radical (unpaired) electrons. The van der Waals surface area contributed by atoms with Crippen molar-refractivity contribution in [2.45, 2.75) is 50.5 Å². The van der Waals surface area contributed by atoms with E-state index in [4.69, 9.17) is 9.47 Å². The molecule has 1 atom stereocenters. The molecular weight excluding hydrogens is 346 g/mol. The predicted octanol–water partition coefficient (Wildman–Crippen LogP) is 3.17. The molecule has 1 amide bonds. The Balaban J connectivity index is 1.78. The van der Waals surface area contributed by atoms with Crippen LogP contribution in [0.3, 0.4) is 0 Å². The molecule has 4 rings (SSSR count). The topological polar surface area (TPSA) is 85.4 Å². The molecule has 1 aliphatic carbocycles. The molecule has 7 heteroatoms. The quantitative estimate of drug-likeness (QED) is 0.864. The van der Waals surface area contributed by atoms with Gasteiger partial charge in [0.1, 0.15) is 5.82 Å². The summed E-state index contributed by atoms with van der Waals surface area (Å²) in [5.41, 5.74) is 1.37. The van der Waals surface area contributed by atoms with Crippen LogP contribution in [0.4, 0.5) is 5.82 Å². The molecule has 144 valence electrons. The van der Waals surface area contributed by atoms with Crippen molar-refractivity contribution in [3.63, 3.8) is 0 Å². The van der Waals surface area contributed by atoms with Gasteiger partial charge in [0.05, 0.1) is 25.8 Å². The second kappa shape index (κ2) is 7.13. The summed E-state index contributed by atoms with van der Waals surface area (Å²) in [5, 5.41) is 5.92. The van der Waals surface area contributed by atoms with Gasteiger partial charge in [-0.3, -0.25) is 19.4 Å². The van der Waals surface area contributed by atoms with Crippen molar-refractivity contribution in [3.8, 4) is 11.5 Å². The number of nitrogens with zero attached hydrogens (tertiary/aromatic N) is 1. The molecule has 1 aromatic heterocycles. The minimum atomic E-state index is -0.304. The lowest BCUT2D eigenvalue weighted by Crippen LogP contribution is -2.27. The monoisotopic (exact) mass is 371 g/mol. The van der Waals surface area contributed by atoms with E-state index >= 15 is 0 Å². The van der Waals surface area contributed by atoms with Crippen molar-refractivity contribution in [2.24, 2.45) is 0 Å². The minimum Gasteiger partial charge on any atom is -0.493 e. The summed E-state index contributed by atoms with van der Waals surface area (Å²) in [6.07, 6.45) is 5.80. The van der Waals surface area contributed by atoms with E-state index in [0.717, 1.165) is 31.2 Å². The third-order valence-corrected chi connectivity index (χ3v) is 5.71. The SMILES string of the molecule is COc1ccc(C2CC(=O)Nc3c2c(=O)[nH]n3C2CCCCC2)cc1OC. The predicted molar refractivity (Wildman–Crippen MR) is 102 cm³/mol. The number of nitrogens with one attached hydrogen (secondary N) is 2. The van der Waals surface area contributed by atoms with Gasteiger partial charge in [-0.15, -0.1) is 0 Å². The summed E-state index contributed by atoms with van der Waals surface area (Å²) in [6, 6.07) is 5.79. The van der Waals surface area contributed by atoms with Crippen LogP contribution in [0.1, 0.15) is 61.6 Å². The largest absolute Gasteiger partial charge is 0.493 e. The Bertz CT molecular complexity index is 908. The van der Waals surface area contributed by atoms with E-state index in [1.807, 2.05) is 22.9 Å². The van der Waals surface area contributed by atoms with Crippen LogP contribution in [-0.4, -0.2) is 29.9 Å². The number of ether oxygens (including phenoxy) is 2. The number of amides is 1. The van der Waals surface area contributed by atoms with E-state index in [9.17, 15) is 9.59 Å². The third kappa shape index (κ3) is 3.11. The van der Waals surface area contributed by atoms with E-state index < -0.39 is 0 Å². The number of rotatable bonds is 4. The minimum absolute atomic E-state index is 0.0779. The Morgan fingerprint density at radius 1 is 1.04 bits per heavy atom. The number of hydrogen-bond donors (Lipinski definition) is 2. The third-order valence-electron chi connectivity index (χ3n) is 5.71. The van der Waals surface area contributed by atoms with Crippen molar-refractivity contribution in [3.05, 3.63) is 39.7 Å². The molecule has 0 bridgehead atoms. The molecule has 0 spiro atoms. The Hall–Kier alpha value is -2.70. The number of benzene rings is 1. The number of carbonyl (C=O) groups is 1. The van der Waals surface area contributed by atoms with E-state index in [2.05, 4.69) is 10.4 Å². The maximum Gasteiger partial charge on any atom is 0.270 e. The van der Waals surface area contributed by atoms with Crippen LogP contribution in [-0.2, 0) is 4.79 Å². The molecule has 2 aliphatic rings. The normalized spacial score (nSPS) is 20.1. The lowest BCUT2D eigenvalue weighted by molar-refractivity contribution is -0.116. The average molecular weight is 371 g/mol. The molecule has 0 saturated heterocycles. The highest BCUT2D eigenvalue weighted by Gasteiger charge is 2.34. The zero-order valence-corrected chi connectivity index (χ0v) is 15.7. The van der Waals surface area contributed by atoms with Crippen molar-refractivity contribution < 1.29 is 14.3 Å². The summed E-state index contributed by atoms with van der Waals surface area (Å²) >= 11 is 0. The van der Waals surface area contributed by atoms with Crippen LogP contribution in [0.5, 0.6) is 11.5 Å². The van der Waals surface area contributed by atoms with Crippen molar-refractivity contribution in [1.29, 1.82) is 0 Å². The first-order chi connectivity index (χ1) is 13.1. The van der Waals surface area contributed by atoms with Gasteiger partial charge in [-0.05, 0) is 30.5 Å². The first-order valence-corrected chi connectivity index (χ1v) is 9.48. The number of carbonyl (C=O) groups excluding carboxylic acids is 1. The van der Waals surface area contributed by atoms with Crippen LogP contribution < -0.4 is 20.3 Å². The summed E-state index contributed by atoms with van der Waals surface area (Å²) in [6.45, 7) is 0. The van der Waals surface area contributed by atoms with Crippen molar-refractivity contribution in [1.82, 2.24) is 9.78 Å². The highest BCUT2D eigenvalue weighted by atomic mass is 16.5. The highest BCUT2D eigenvalue weighted by Crippen LogP contribution is 2.40. The molecule has 2 heterocycles. The van der Waals surface area contributed by atoms with E-state index in [1.165, 1.54) is 6.42 Å². The Morgan fingerprint density at radius 3 is 2.48 bits per heavy atom. The molecule has 1 aromatic carbocycles. The molecule has 1 unspecified atom stereocenters. The van der Waals surface area contributed by atoms with Gasteiger partial charge in [0, 0.05) is 12.3 Å². The number of H-pyrrole nitrogens is 1. The van der Waals surface area contributed by atoms with E-state index in [-0.39, 0.29) is 29.8 Å². The Kier molecular flexibility index (Phi) is 4.68. The van der Waals surface area contributed by atoms with E-state index in [1.54, 1.807) is 14.2 Å². The molecule has 7 nitrogen and oxygen atoms in total. The smallest absolute Gasteiger partial charge is 0.270 e. The summed E-state index contributed by atoms with van der Waals surface area (Å²) in [7, 11) is 3.16. The van der Waals surface area contributed by atoms with Crippen LogP contribution in [0, 0.1) is 0 Å². The number of fused-ring (bicyclic) bond motifs is 1. The van der Waals surface area contributed by atoms with Crippen molar-refractivity contribution in [2.75, 3.05) is 19.5 Å². The van der Waals surface area contributed by atoms with Gasteiger partial charge in [0.2, 0.25) is 5.91 Å². The number of aromatic amines is 1. The van der Waals surface area contributed by atoms with Crippen LogP contribution >= 0.6 is 0 Å². The number of methoxy groups -OCH3 is 2. The number of hydrogen-bond acceptors (Lipinski definition) is 4. The molecule has 1 fully saturated rings. The van der Waals surface area contributed by atoms with Gasteiger partial charge in [-0.2, -0.15) is 0 Å². The van der Waals surface area contributed by atoms with Gasteiger partial charge in [0.25, 0.3) is 5.56 Å². The fraction of sp³-hybridized carbons (Fsp3) is 0.500. The van der Waals surface area contributed by atoms with Crippen LogP contribution in [0.15, 0.2) is 23.0 Å². The highest BCUT2D eigenvalue weighted by molar-refractivity contribution is 5.94. The number of aromatic nitrogens is 2. The molecule has 2 aromatic rings. The summed E-state index contributed by atoms with van der Waals surface area (Å²) in [4.78, 5) is 25.2. The number of anilines is 1. The first-order valence-electron chi connectivity index (χ1n) is 9.48. The zero-order valence-electron chi connectivity index (χ0n) is 15.7.